The lowest BCUT2D eigenvalue weighted by Crippen LogP contribution is -2.30. The van der Waals surface area contributed by atoms with Gasteiger partial charge in [-0.3, -0.25) is 14.5 Å². The topological polar surface area (TPSA) is 57.6 Å². The normalized spacial score (nSPS) is 13.5. The molecule has 1 aliphatic heterocycles. The maximum atomic E-state index is 12.2. The fraction of sp³-hybridized carbons (Fsp3) is 0.636. The molecule has 1 heterocycles. The Balaban J connectivity index is 1.46. The molecule has 1 aromatic rings. The van der Waals surface area contributed by atoms with Gasteiger partial charge in [-0.15, -0.1) is 0 Å². The first kappa shape index (κ1) is 20.6. The Morgan fingerprint density at radius 3 is 1.42 bits per heavy atom. The van der Waals surface area contributed by atoms with E-state index in [0.29, 0.717) is 24.3 Å². The predicted octanol–water partition coefficient (Wildman–Crippen LogP) is 4.96. The molecule has 2 amide bonds. The van der Waals surface area contributed by atoms with Crippen molar-refractivity contribution < 1.29 is 14.7 Å². The average Bonchev–Trinajstić information content (AvgIpc) is 2.90. The highest BCUT2D eigenvalue weighted by Gasteiger charge is 2.34. The van der Waals surface area contributed by atoms with Crippen LogP contribution < -0.4 is 0 Å². The number of rotatable bonds is 14. The van der Waals surface area contributed by atoms with Crippen molar-refractivity contribution in [2.45, 2.75) is 77.0 Å². The molecule has 0 aromatic heterocycles. The third kappa shape index (κ3) is 6.24. The number of amides is 2. The van der Waals surface area contributed by atoms with Crippen LogP contribution in [0.15, 0.2) is 24.3 Å². The molecule has 0 radical (unpaired) electrons. The van der Waals surface area contributed by atoms with Gasteiger partial charge in [-0.05, 0) is 25.0 Å². The van der Waals surface area contributed by atoms with Crippen LogP contribution >= 0.6 is 0 Å². The van der Waals surface area contributed by atoms with Crippen LogP contribution in [0.2, 0.25) is 0 Å². The number of nitrogens with zero attached hydrogens (tertiary/aromatic N) is 1. The fourth-order valence-electron chi connectivity index (χ4n) is 3.59. The molecule has 4 nitrogen and oxygen atoms in total. The Hall–Kier alpha value is -1.68. The summed E-state index contributed by atoms with van der Waals surface area (Å²) >= 11 is 0. The molecule has 26 heavy (non-hydrogen) atoms. The van der Waals surface area contributed by atoms with Crippen LogP contribution in [0.5, 0.6) is 0 Å². The summed E-state index contributed by atoms with van der Waals surface area (Å²) in [6.45, 7) is 0.868. The third-order valence-electron chi connectivity index (χ3n) is 5.17. The number of fused-ring (bicyclic) bond motifs is 1. The number of imide groups is 1. The summed E-state index contributed by atoms with van der Waals surface area (Å²) in [7, 11) is 0. The molecule has 0 bridgehead atoms. The highest BCUT2D eigenvalue weighted by molar-refractivity contribution is 6.21. The summed E-state index contributed by atoms with van der Waals surface area (Å²) in [5, 5.41) is 8.72. The first-order valence-electron chi connectivity index (χ1n) is 10.3. The number of aliphatic hydroxyl groups excluding tert-OH is 1. The van der Waals surface area contributed by atoms with Crippen LogP contribution in [0.1, 0.15) is 97.8 Å². The van der Waals surface area contributed by atoms with Gasteiger partial charge in [0.05, 0.1) is 11.1 Å². The fourth-order valence-corrected chi connectivity index (χ4v) is 3.59. The van der Waals surface area contributed by atoms with Crippen molar-refractivity contribution in [3.63, 3.8) is 0 Å². The maximum absolute atomic E-state index is 12.2. The van der Waals surface area contributed by atoms with Crippen LogP contribution in [-0.2, 0) is 0 Å². The lowest BCUT2D eigenvalue weighted by Gasteiger charge is -2.13. The highest BCUT2D eigenvalue weighted by Crippen LogP contribution is 2.23. The molecule has 0 atom stereocenters. The number of hydrogen-bond donors (Lipinski definition) is 1. The van der Waals surface area contributed by atoms with Gasteiger partial charge in [0.2, 0.25) is 0 Å². The lowest BCUT2D eigenvalue weighted by molar-refractivity contribution is 0.0651. The molecule has 1 aliphatic rings. The van der Waals surface area contributed by atoms with Crippen LogP contribution in [0, 0.1) is 0 Å². The summed E-state index contributed by atoms with van der Waals surface area (Å²) in [5.74, 6) is -0.269. The SMILES string of the molecule is O=C1c2ccccc2C(=O)N1CCCCCCCCCCCCCCO. The Morgan fingerprint density at radius 2 is 1.00 bits per heavy atom. The van der Waals surface area contributed by atoms with E-state index in [9.17, 15) is 9.59 Å². The highest BCUT2D eigenvalue weighted by atomic mass is 16.3. The monoisotopic (exact) mass is 359 g/mol. The van der Waals surface area contributed by atoms with Gasteiger partial charge >= 0.3 is 0 Å². The quantitative estimate of drug-likeness (QED) is 0.377. The number of aliphatic hydroxyl groups is 1. The lowest BCUT2D eigenvalue weighted by atomic mass is 10.1. The van der Waals surface area contributed by atoms with Gasteiger partial charge in [0, 0.05) is 13.2 Å². The number of carbonyl (C=O) groups is 2. The van der Waals surface area contributed by atoms with Crippen molar-refractivity contribution in [3.8, 4) is 0 Å². The van der Waals surface area contributed by atoms with Gasteiger partial charge in [-0.2, -0.15) is 0 Å². The minimum absolute atomic E-state index is 0.135. The van der Waals surface area contributed by atoms with E-state index in [4.69, 9.17) is 5.11 Å². The molecule has 144 valence electrons. The first-order chi connectivity index (χ1) is 12.8. The van der Waals surface area contributed by atoms with E-state index in [1.807, 2.05) is 12.1 Å². The minimum Gasteiger partial charge on any atom is -0.396 e. The van der Waals surface area contributed by atoms with Crippen molar-refractivity contribution in [2.75, 3.05) is 13.2 Å². The van der Waals surface area contributed by atoms with Crippen molar-refractivity contribution in [2.24, 2.45) is 0 Å². The second-order valence-electron chi connectivity index (χ2n) is 7.27. The molecule has 4 heteroatoms. The van der Waals surface area contributed by atoms with Crippen LogP contribution in [0.3, 0.4) is 0 Å². The predicted molar refractivity (Wildman–Crippen MR) is 104 cm³/mol. The van der Waals surface area contributed by atoms with E-state index in [1.54, 1.807) is 12.1 Å². The molecule has 0 fully saturated rings. The van der Waals surface area contributed by atoms with Crippen molar-refractivity contribution >= 4 is 11.8 Å². The van der Waals surface area contributed by atoms with Gasteiger partial charge in [-0.1, -0.05) is 76.3 Å². The van der Waals surface area contributed by atoms with E-state index in [-0.39, 0.29) is 11.8 Å². The molecule has 1 aromatic carbocycles. The van der Waals surface area contributed by atoms with Crippen molar-refractivity contribution in [1.82, 2.24) is 4.90 Å². The van der Waals surface area contributed by atoms with Gasteiger partial charge < -0.3 is 5.11 Å². The molecular formula is C22H33NO3. The molecule has 2 rings (SSSR count). The van der Waals surface area contributed by atoms with E-state index < -0.39 is 0 Å². The van der Waals surface area contributed by atoms with Crippen LogP contribution in [0.4, 0.5) is 0 Å². The van der Waals surface area contributed by atoms with E-state index >= 15 is 0 Å². The number of benzene rings is 1. The Labute approximate surface area is 157 Å². The summed E-state index contributed by atoms with van der Waals surface area (Å²) < 4.78 is 0. The molecule has 0 unspecified atom stereocenters. The van der Waals surface area contributed by atoms with Gasteiger partial charge in [0.1, 0.15) is 0 Å². The number of carbonyl (C=O) groups excluding carboxylic acids is 2. The van der Waals surface area contributed by atoms with Crippen LogP contribution in [0.25, 0.3) is 0 Å². The maximum Gasteiger partial charge on any atom is 0.261 e. The number of unbranched alkanes of at least 4 members (excludes halogenated alkanes) is 11. The molecular weight excluding hydrogens is 326 g/mol. The van der Waals surface area contributed by atoms with E-state index in [1.165, 1.54) is 56.3 Å². The third-order valence-corrected chi connectivity index (χ3v) is 5.17. The zero-order valence-corrected chi connectivity index (χ0v) is 15.9. The smallest absolute Gasteiger partial charge is 0.261 e. The summed E-state index contributed by atoms with van der Waals surface area (Å²) in [6.07, 6.45) is 14.3. The molecule has 0 saturated carbocycles. The van der Waals surface area contributed by atoms with Crippen LogP contribution in [-0.4, -0.2) is 35.0 Å². The van der Waals surface area contributed by atoms with Gasteiger partial charge in [0.25, 0.3) is 11.8 Å². The molecule has 0 saturated heterocycles. The van der Waals surface area contributed by atoms with E-state index in [0.717, 1.165) is 25.7 Å². The summed E-state index contributed by atoms with van der Waals surface area (Å²) in [5.41, 5.74) is 1.10. The summed E-state index contributed by atoms with van der Waals surface area (Å²) in [6, 6.07) is 7.09. The van der Waals surface area contributed by atoms with Crippen molar-refractivity contribution in [3.05, 3.63) is 35.4 Å². The van der Waals surface area contributed by atoms with E-state index in [2.05, 4.69) is 0 Å². The Bertz CT molecular complexity index is 535. The largest absolute Gasteiger partial charge is 0.396 e. The second kappa shape index (κ2) is 11.8. The zero-order chi connectivity index (χ0) is 18.6. The minimum atomic E-state index is -0.135. The second-order valence-corrected chi connectivity index (χ2v) is 7.27. The number of hydrogen-bond acceptors (Lipinski definition) is 3. The summed E-state index contributed by atoms with van der Waals surface area (Å²) in [4.78, 5) is 25.9. The molecule has 0 spiro atoms. The standard InChI is InChI=1S/C22H33NO3/c24-18-14-10-8-6-4-2-1-3-5-7-9-13-17-23-21(25)19-15-11-12-16-20(19)22(23)26/h11-12,15-16,24H,1-10,13-14,17-18H2. The Morgan fingerprint density at radius 1 is 0.615 bits per heavy atom. The van der Waals surface area contributed by atoms with Gasteiger partial charge in [0.15, 0.2) is 0 Å². The zero-order valence-electron chi connectivity index (χ0n) is 15.9. The average molecular weight is 360 g/mol. The van der Waals surface area contributed by atoms with Crippen molar-refractivity contribution in [1.29, 1.82) is 0 Å². The molecule has 1 N–H and O–H groups in total. The Kier molecular flexibility index (Phi) is 9.40. The first-order valence-corrected chi connectivity index (χ1v) is 10.3. The molecule has 0 aliphatic carbocycles. The van der Waals surface area contributed by atoms with Gasteiger partial charge in [-0.25, -0.2) is 0 Å².